The molecular formula is C22H26N2O6. The number of hydrogen-bond acceptors (Lipinski definition) is 7. The largest absolute Gasteiger partial charge is 0.493 e. The van der Waals surface area contributed by atoms with Crippen molar-refractivity contribution < 1.29 is 23.7 Å². The highest BCUT2D eigenvalue weighted by Crippen LogP contribution is 2.43. The van der Waals surface area contributed by atoms with Gasteiger partial charge < -0.3 is 29.2 Å². The van der Waals surface area contributed by atoms with Gasteiger partial charge in [0.25, 0.3) is 5.56 Å². The number of aromatic nitrogens is 1. The summed E-state index contributed by atoms with van der Waals surface area (Å²) in [6, 6.07) is 6.99. The fraction of sp³-hybridized carbons (Fsp3) is 0.364. The van der Waals surface area contributed by atoms with Crippen LogP contribution in [0.3, 0.4) is 0 Å². The zero-order valence-electron chi connectivity index (χ0n) is 17.8. The maximum absolute atomic E-state index is 13.3. The van der Waals surface area contributed by atoms with E-state index < -0.39 is 11.9 Å². The van der Waals surface area contributed by atoms with Crippen molar-refractivity contribution in [2.75, 3.05) is 21.3 Å². The summed E-state index contributed by atoms with van der Waals surface area (Å²) in [6.45, 7) is 2.03. The van der Waals surface area contributed by atoms with Gasteiger partial charge in [0.2, 0.25) is 5.88 Å². The average molecular weight is 414 g/mol. The van der Waals surface area contributed by atoms with Crippen LogP contribution in [0, 0.1) is 0 Å². The lowest BCUT2D eigenvalue weighted by Crippen LogP contribution is -2.34. The van der Waals surface area contributed by atoms with Crippen molar-refractivity contribution in [3.8, 4) is 17.2 Å². The molecule has 1 aliphatic rings. The first-order valence-electron chi connectivity index (χ1n) is 9.58. The van der Waals surface area contributed by atoms with Gasteiger partial charge in [-0.1, -0.05) is 19.4 Å². The van der Waals surface area contributed by atoms with E-state index in [9.17, 15) is 9.59 Å². The maximum atomic E-state index is 13.3. The second-order valence-corrected chi connectivity index (χ2v) is 6.95. The average Bonchev–Trinajstić information content (AvgIpc) is 2.75. The standard InChI is InChI=1S/C22H26N2O6/c1-6-7-13-11-16-18(21(25)24(13)2)17(19(20(23)30-16)22(26)29-5)12-8-9-14(27-3)15(10-12)28-4/h8-11,17H,6-7,23H2,1-5H3. The van der Waals surface area contributed by atoms with Gasteiger partial charge in [-0.3, -0.25) is 4.79 Å². The van der Waals surface area contributed by atoms with Crippen molar-refractivity contribution in [1.29, 1.82) is 0 Å². The van der Waals surface area contributed by atoms with Crippen LogP contribution in [0.25, 0.3) is 0 Å². The Bertz CT molecular complexity index is 1070. The van der Waals surface area contributed by atoms with Crippen LogP contribution in [0.15, 0.2) is 40.5 Å². The molecule has 8 nitrogen and oxygen atoms in total. The zero-order chi connectivity index (χ0) is 22.0. The lowest BCUT2D eigenvalue weighted by Gasteiger charge is -2.29. The fourth-order valence-electron chi connectivity index (χ4n) is 3.74. The van der Waals surface area contributed by atoms with Crippen LogP contribution in [0.5, 0.6) is 17.2 Å². The SMILES string of the molecule is CCCc1cc2c(c(=O)n1C)C(c1ccc(OC)c(OC)c1)C(C(=O)OC)=C(N)O2. The number of pyridine rings is 1. The number of aryl methyl sites for hydroxylation is 1. The van der Waals surface area contributed by atoms with Crippen LogP contribution in [0.2, 0.25) is 0 Å². The predicted octanol–water partition coefficient (Wildman–Crippen LogP) is 2.22. The molecule has 2 aromatic rings. The monoisotopic (exact) mass is 414 g/mol. The topological polar surface area (TPSA) is 102 Å². The molecule has 1 atom stereocenters. The van der Waals surface area contributed by atoms with Crippen molar-refractivity contribution in [3.05, 3.63) is 62.9 Å². The van der Waals surface area contributed by atoms with Gasteiger partial charge in [-0.05, 0) is 24.1 Å². The number of carbonyl (C=O) groups is 1. The highest BCUT2D eigenvalue weighted by molar-refractivity contribution is 5.92. The molecule has 1 aliphatic heterocycles. The molecule has 2 heterocycles. The van der Waals surface area contributed by atoms with E-state index in [4.69, 9.17) is 24.7 Å². The zero-order valence-corrected chi connectivity index (χ0v) is 17.8. The Balaban J connectivity index is 2.32. The van der Waals surface area contributed by atoms with Crippen LogP contribution >= 0.6 is 0 Å². The third kappa shape index (κ3) is 3.49. The van der Waals surface area contributed by atoms with E-state index in [1.807, 2.05) is 6.92 Å². The number of hydrogen-bond donors (Lipinski definition) is 1. The van der Waals surface area contributed by atoms with Crippen LogP contribution in [-0.4, -0.2) is 31.9 Å². The summed E-state index contributed by atoms with van der Waals surface area (Å²) in [6.07, 6.45) is 1.57. The quantitative estimate of drug-likeness (QED) is 0.723. The first-order chi connectivity index (χ1) is 14.4. The number of benzene rings is 1. The molecule has 0 fully saturated rings. The minimum absolute atomic E-state index is 0.0672. The van der Waals surface area contributed by atoms with Crippen molar-refractivity contribution in [3.63, 3.8) is 0 Å². The summed E-state index contributed by atoms with van der Waals surface area (Å²) < 4.78 is 23.0. The van der Waals surface area contributed by atoms with Gasteiger partial charge in [0, 0.05) is 18.8 Å². The summed E-state index contributed by atoms with van der Waals surface area (Å²) in [5.41, 5.74) is 7.70. The number of esters is 1. The molecule has 0 spiro atoms. The van der Waals surface area contributed by atoms with Gasteiger partial charge in [-0.2, -0.15) is 0 Å². The Morgan fingerprint density at radius 3 is 2.47 bits per heavy atom. The number of ether oxygens (including phenoxy) is 4. The molecular weight excluding hydrogens is 388 g/mol. The van der Waals surface area contributed by atoms with Crippen molar-refractivity contribution >= 4 is 5.97 Å². The molecule has 2 N–H and O–H groups in total. The molecule has 160 valence electrons. The first-order valence-corrected chi connectivity index (χ1v) is 9.58. The van der Waals surface area contributed by atoms with E-state index in [0.29, 0.717) is 34.8 Å². The Hall–Kier alpha value is -3.42. The second kappa shape index (κ2) is 8.52. The number of methoxy groups -OCH3 is 3. The minimum Gasteiger partial charge on any atom is -0.493 e. The van der Waals surface area contributed by atoms with Crippen LogP contribution in [-0.2, 0) is 23.0 Å². The molecule has 0 radical (unpaired) electrons. The van der Waals surface area contributed by atoms with E-state index in [1.54, 1.807) is 35.9 Å². The van der Waals surface area contributed by atoms with Gasteiger partial charge in [0.1, 0.15) is 11.3 Å². The van der Waals surface area contributed by atoms with Crippen LogP contribution in [0.4, 0.5) is 0 Å². The molecule has 0 saturated heterocycles. The summed E-state index contributed by atoms with van der Waals surface area (Å²) in [7, 11) is 6.01. The molecule has 1 aromatic carbocycles. The van der Waals surface area contributed by atoms with Crippen LogP contribution < -0.4 is 25.5 Å². The second-order valence-electron chi connectivity index (χ2n) is 6.95. The highest BCUT2D eigenvalue weighted by atomic mass is 16.5. The van der Waals surface area contributed by atoms with Crippen molar-refractivity contribution in [2.24, 2.45) is 12.8 Å². The number of rotatable bonds is 6. The molecule has 3 rings (SSSR count). The third-order valence-electron chi connectivity index (χ3n) is 5.24. The summed E-state index contributed by atoms with van der Waals surface area (Å²) in [5, 5.41) is 0. The van der Waals surface area contributed by atoms with Crippen LogP contribution in [0.1, 0.15) is 36.1 Å². The Morgan fingerprint density at radius 1 is 1.17 bits per heavy atom. The van der Waals surface area contributed by atoms with Crippen molar-refractivity contribution in [1.82, 2.24) is 4.57 Å². The third-order valence-corrected chi connectivity index (χ3v) is 5.24. The number of carbonyl (C=O) groups excluding carboxylic acids is 1. The number of nitrogens with zero attached hydrogens (tertiary/aromatic N) is 1. The van der Waals surface area contributed by atoms with Crippen molar-refractivity contribution in [2.45, 2.75) is 25.7 Å². The highest BCUT2D eigenvalue weighted by Gasteiger charge is 2.38. The van der Waals surface area contributed by atoms with Gasteiger partial charge >= 0.3 is 5.97 Å². The first kappa shape index (κ1) is 21.3. The minimum atomic E-state index is -0.782. The molecule has 30 heavy (non-hydrogen) atoms. The normalized spacial score (nSPS) is 15.3. The molecule has 0 saturated carbocycles. The van der Waals surface area contributed by atoms with Gasteiger partial charge in [-0.15, -0.1) is 0 Å². The molecule has 0 amide bonds. The summed E-state index contributed by atoms with van der Waals surface area (Å²) >= 11 is 0. The van der Waals surface area contributed by atoms with Gasteiger partial charge in [0.05, 0.1) is 32.8 Å². The van der Waals surface area contributed by atoms with Gasteiger partial charge in [0.15, 0.2) is 11.5 Å². The summed E-state index contributed by atoms with van der Waals surface area (Å²) in [4.78, 5) is 26.0. The van der Waals surface area contributed by atoms with E-state index in [0.717, 1.165) is 12.1 Å². The molecule has 1 unspecified atom stereocenters. The lowest BCUT2D eigenvalue weighted by molar-refractivity contribution is -0.136. The van der Waals surface area contributed by atoms with Gasteiger partial charge in [-0.25, -0.2) is 4.79 Å². The molecule has 1 aromatic heterocycles. The molecule has 8 heteroatoms. The Labute approximate surface area is 174 Å². The Morgan fingerprint density at radius 2 is 1.87 bits per heavy atom. The smallest absolute Gasteiger partial charge is 0.340 e. The number of nitrogens with two attached hydrogens (primary N) is 1. The van der Waals surface area contributed by atoms with E-state index in [2.05, 4.69) is 0 Å². The molecule has 0 bridgehead atoms. The maximum Gasteiger partial charge on any atom is 0.340 e. The predicted molar refractivity (Wildman–Crippen MR) is 111 cm³/mol. The summed E-state index contributed by atoms with van der Waals surface area (Å²) in [5.74, 6) is -0.217. The van der Waals surface area contributed by atoms with E-state index >= 15 is 0 Å². The fourth-order valence-corrected chi connectivity index (χ4v) is 3.74. The van der Waals surface area contributed by atoms with E-state index in [-0.39, 0.29) is 17.0 Å². The molecule has 0 aliphatic carbocycles. The lowest BCUT2D eigenvalue weighted by atomic mass is 9.83. The Kier molecular flexibility index (Phi) is 6.05. The number of fused-ring (bicyclic) bond motifs is 1. The van der Waals surface area contributed by atoms with E-state index in [1.165, 1.54) is 21.3 Å².